The van der Waals surface area contributed by atoms with Crippen molar-refractivity contribution < 1.29 is 14.3 Å². The minimum atomic E-state index is -0.421. The quantitative estimate of drug-likeness (QED) is 0.836. The molecule has 0 fully saturated rings. The second-order valence-corrected chi connectivity index (χ2v) is 6.99. The van der Waals surface area contributed by atoms with E-state index in [4.69, 9.17) is 11.6 Å². The van der Waals surface area contributed by atoms with E-state index in [2.05, 4.69) is 10.1 Å². The Labute approximate surface area is 149 Å². The van der Waals surface area contributed by atoms with Gasteiger partial charge in [0.05, 0.1) is 18.7 Å². The number of nitrogens with one attached hydrogen (secondary N) is 1. The Bertz CT molecular complexity index is 776. The minimum Gasteiger partial charge on any atom is -0.465 e. The Hall–Kier alpha value is -1.98. The van der Waals surface area contributed by atoms with Crippen molar-refractivity contribution in [2.75, 3.05) is 12.9 Å². The number of methoxy groups -OCH3 is 1. The fraction of sp³-hybridized carbons (Fsp3) is 0.222. The van der Waals surface area contributed by atoms with E-state index in [1.165, 1.54) is 7.11 Å². The summed E-state index contributed by atoms with van der Waals surface area (Å²) in [5, 5.41) is 3.72. The lowest BCUT2D eigenvalue weighted by Gasteiger charge is -2.26. The molecule has 2 aromatic carbocycles. The van der Waals surface area contributed by atoms with Gasteiger partial charge >= 0.3 is 5.97 Å². The van der Waals surface area contributed by atoms with Crippen molar-refractivity contribution in [1.82, 2.24) is 5.32 Å². The van der Waals surface area contributed by atoms with E-state index >= 15 is 0 Å². The Morgan fingerprint density at radius 3 is 2.58 bits per heavy atom. The molecule has 1 atom stereocenters. The standard InChI is InChI=1S/C18H16ClNO3S/c1-23-18(22)12-4-2-11(3-5-12)17(21)20-15-8-9-24-16-7-6-13(19)10-14(15)16/h2-7,10,15H,8-9H2,1H3,(H,20,21)/t15-/m1/s1. The average Bonchev–Trinajstić information content (AvgIpc) is 2.61. The van der Waals surface area contributed by atoms with E-state index in [1.807, 2.05) is 18.2 Å². The summed E-state index contributed by atoms with van der Waals surface area (Å²) in [5.74, 6) is 0.352. The molecule has 24 heavy (non-hydrogen) atoms. The van der Waals surface area contributed by atoms with Crippen molar-refractivity contribution in [3.63, 3.8) is 0 Å². The smallest absolute Gasteiger partial charge is 0.337 e. The predicted molar refractivity (Wildman–Crippen MR) is 94.8 cm³/mol. The Morgan fingerprint density at radius 2 is 1.88 bits per heavy atom. The first kappa shape index (κ1) is 16.9. The zero-order chi connectivity index (χ0) is 17.1. The maximum atomic E-state index is 12.5. The summed E-state index contributed by atoms with van der Waals surface area (Å²) in [6.07, 6.45) is 0.851. The number of esters is 1. The second-order valence-electron chi connectivity index (χ2n) is 5.41. The first-order chi connectivity index (χ1) is 11.6. The van der Waals surface area contributed by atoms with Crippen LogP contribution in [0.5, 0.6) is 0 Å². The molecule has 0 unspecified atom stereocenters. The van der Waals surface area contributed by atoms with E-state index in [-0.39, 0.29) is 11.9 Å². The van der Waals surface area contributed by atoms with Gasteiger partial charge in [0.1, 0.15) is 0 Å². The van der Waals surface area contributed by atoms with Gasteiger partial charge in [-0.25, -0.2) is 4.79 Å². The highest BCUT2D eigenvalue weighted by Crippen LogP contribution is 2.37. The molecule has 1 aliphatic heterocycles. The normalized spacial score (nSPS) is 16.2. The van der Waals surface area contributed by atoms with Crippen LogP contribution in [0.15, 0.2) is 47.4 Å². The molecule has 0 aromatic heterocycles. The van der Waals surface area contributed by atoms with Gasteiger partial charge in [0.15, 0.2) is 0 Å². The summed E-state index contributed by atoms with van der Waals surface area (Å²) in [6, 6.07) is 12.1. The van der Waals surface area contributed by atoms with Gasteiger partial charge in [-0.05, 0) is 54.4 Å². The number of benzene rings is 2. The van der Waals surface area contributed by atoms with Crippen LogP contribution in [0.1, 0.15) is 38.7 Å². The van der Waals surface area contributed by atoms with Crippen molar-refractivity contribution in [2.45, 2.75) is 17.4 Å². The van der Waals surface area contributed by atoms with Gasteiger partial charge in [0, 0.05) is 21.2 Å². The number of ether oxygens (including phenoxy) is 1. The molecule has 2 aromatic rings. The van der Waals surface area contributed by atoms with Gasteiger partial charge in [-0.3, -0.25) is 4.79 Å². The monoisotopic (exact) mass is 361 g/mol. The minimum absolute atomic E-state index is 0.0623. The largest absolute Gasteiger partial charge is 0.465 e. The molecule has 1 amide bonds. The first-order valence-electron chi connectivity index (χ1n) is 7.50. The molecular weight excluding hydrogens is 346 g/mol. The molecule has 0 bridgehead atoms. The highest BCUT2D eigenvalue weighted by molar-refractivity contribution is 7.99. The maximum Gasteiger partial charge on any atom is 0.337 e. The predicted octanol–water partition coefficient (Wildman–Crippen LogP) is 4.09. The summed E-state index contributed by atoms with van der Waals surface area (Å²) in [6.45, 7) is 0. The molecule has 0 aliphatic carbocycles. The van der Waals surface area contributed by atoms with Crippen molar-refractivity contribution in [3.05, 3.63) is 64.2 Å². The van der Waals surface area contributed by atoms with Crippen LogP contribution >= 0.6 is 23.4 Å². The lowest BCUT2D eigenvalue weighted by atomic mass is 10.0. The highest BCUT2D eigenvalue weighted by atomic mass is 35.5. The van der Waals surface area contributed by atoms with E-state index in [0.29, 0.717) is 16.1 Å². The van der Waals surface area contributed by atoms with Gasteiger partial charge in [-0.15, -0.1) is 11.8 Å². The number of carbonyl (C=O) groups excluding carboxylic acids is 2. The number of carbonyl (C=O) groups is 2. The Kier molecular flexibility index (Phi) is 5.11. The van der Waals surface area contributed by atoms with Crippen LogP contribution in [0, 0.1) is 0 Å². The van der Waals surface area contributed by atoms with Crippen molar-refractivity contribution >= 4 is 35.2 Å². The van der Waals surface area contributed by atoms with Gasteiger partial charge < -0.3 is 10.1 Å². The van der Waals surface area contributed by atoms with Crippen LogP contribution in [0.2, 0.25) is 5.02 Å². The summed E-state index contributed by atoms with van der Waals surface area (Å²) >= 11 is 7.86. The van der Waals surface area contributed by atoms with Crippen molar-refractivity contribution in [2.24, 2.45) is 0 Å². The van der Waals surface area contributed by atoms with Crippen LogP contribution in [-0.4, -0.2) is 24.7 Å². The molecule has 0 saturated heterocycles. The molecule has 0 radical (unpaired) electrons. The number of thioether (sulfide) groups is 1. The lowest BCUT2D eigenvalue weighted by Crippen LogP contribution is -2.30. The fourth-order valence-corrected chi connectivity index (χ4v) is 3.92. The zero-order valence-corrected chi connectivity index (χ0v) is 14.6. The maximum absolute atomic E-state index is 12.5. The number of fused-ring (bicyclic) bond motifs is 1. The van der Waals surface area contributed by atoms with Crippen LogP contribution in [0.25, 0.3) is 0 Å². The summed E-state index contributed by atoms with van der Waals surface area (Å²) in [4.78, 5) is 25.1. The molecule has 1 heterocycles. The molecule has 3 rings (SSSR count). The fourth-order valence-electron chi connectivity index (χ4n) is 2.63. The highest BCUT2D eigenvalue weighted by Gasteiger charge is 2.23. The number of hydrogen-bond acceptors (Lipinski definition) is 4. The molecule has 6 heteroatoms. The third-order valence-electron chi connectivity index (χ3n) is 3.88. The van der Waals surface area contributed by atoms with E-state index in [9.17, 15) is 9.59 Å². The zero-order valence-electron chi connectivity index (χ0n) is 13.0. The number of rotatable bonds is 3. The van der Waals surface area contributed by atoms with Gasteiger partial charge in [0.2, 0.25) is 0 Å². The molecule has 4 nitrogen and oxygen atoms in total. The van der Waals surface area contributed by atoms with E-state index in [0.717, 1.165) is 22.6 Å². The third kappa shape index (κ3) is 3.57. The molecular formula is C18H16ClNO3S. The van der Waals surface area contributed by atoms with Crippen LogP contribution in [0.3, 0.4) is 0 Å². The van der Waals surface area contributed by atoms with Gasteiger partial charge in [-0.2, -0.15) is 0 Å². The Balaban J connectivity index is 1.76. The molecule has 1 aliphatic rings. The third-order valence-corrected chi connectivity index (χ3v) is 5.24. The molecule has 1 N–H and O–H groups in total. The Morgan fingerprint density at radius 1 is 1.17 bits per heavy atom. The van der Waals surface area contributed by atoms with Gasteiger partial charge in [-0.1, -0.05) is 11.6 Å². The molecule has 0 spiro atoms. The van der Waals surface area contributed by atoms with Crippen LogP contribution in [0.4, 0.5) is 0 Å². The van der Waals surface area contributed by atoms with E-state index in [1.54, 1.807) is 36.0 Å². The topological polar surface area (TPSA) is 55.4 Å². The van der Waals surface area contributed by atoms with Crippen molar-refractivity contribution in [1.29, 1.82) is 0 Å². The lowest BCUT2D eigenvalue weighted by molar-refractivity contribution is 0.0600. The summed E-state index contributed by atoms with van der Waals surface area (Å²) in [5.41, 5.74) is 1.97. The SMILES string of the molecule is COC(=O)c1ccc(C(=O)N[C@@H]2CCSc3ccc(Cl)cc32)cc1. The van der Waals surface area contributed by atoms with E-state index < -0.39 is 5.97 Å². The number of hydrogen-bond donors (Lipinski definition) is 1. The summed E-state index contributed by atoms with van der Waals surface area (Å²) in [7, 11) is 1.33. The number of amides is 1. The average molecular weight is 362 g/mol. The number of halogens is 1. The summed E-state index contributed by atoms with van der Waals surface area (Å²) < 4.78 is 4.65. The van der Waals surface area contributed by atoms with Crippen LogP contribution < -0.4 is 5.32 Å². The van der Waals surface area contributed by atoms with Crippen molar-refractivity contribution in [3.8, 4) is 0 Å². The van der Waals surface area contributed by atoms with Gasteiger partial charge in [0.25, 0.3) is 5.91 Å². The first-order valence-corrected chi connectivity index (χ1v) is 8.86. The molecule has 0 saturated carbocycles. The molecule has 124 valence electrons. The second kappa shape index (κ2) is 7.28. The van der Waals surface area contributed by atoms with Crippen LogP contribution in [-0.2, 0) is 4.74 Å².